The van der Waals surface area contributed by atoms with Gasteiger partial charge in [-0.25, -0.2) is 0 Å². The summed E-state index contributed by atoms with van der Waals surface area (Å²) in [7, 11) is 0. The van der Waals surface area contributed by atoms with Crippen molar-refractivity contribution < 1.29 is 9.53 Å². The van der Waals surface area contributed by atoms with Gasteiger partial charge in [-0.3, -0.25) is 4.79 Å². The summed E-state index contributed by atoms with van der Waals surface area (Å²) in [5.74, 6) is 0.250. The molecule has 102 valence electrons. The van der Waals surface area contributed by atoms with Gasteiger partial charge in [0.15, 0.2) is 0 Å². The monoisotopic (exact) mass is 323 g/mol. The van der Waals surface area contributed by atoms with Crippen molar-refractivity contribution in [1.82, 2.24) is 0 Å². The lowest BCUT2D eigenvalue weighted by atomic mass is 10.1. The Balaban J connectivity index is 2.38. The van der Waals surface area contributed by atoms with Crippen molar-refractivity contribution in [3.63, 3.8) is 0 Å². The van der Waals surface area contributed by atoms with Gasteiger partial charge in [-0.2, -0.15) is 5.26 Å². The second kappa shape index (κ2) is 8.71. The lowest BCUT2D eigenvalue weighted by Crippen LogP contribution is -2.08. The summed E-state index contributed by atoms with van der Waals surface area (Å²) in [5.41, 5.74) is 0.534. The molecule has 0 bridgehead atoms. The average molecular weight is 324 g/mol. The lowest BCUT2D eigenvalue weighted by Gasteiger charge is -2.06. The summed E-state index contributed by atoms with van der Waals surface area (Å²) in [6.07, 6.45) is 5.96. The number of rotatable bonds is 7. The summed E-state index contributed by atoms with van der Waals surface area (Å²) in [6, 6.07) is 6.94. The van der Waals surface area contributed by atoms with Gasteiger partial charge in [-0.1, -0.05) is 32.6 Å². The molecule has 0 heterocycles. The van der Waals surface area contributed by atoms with Crippen molar-refractivity contribution in [1.29, 1.82) is 5.26 Å². The molecule has 1 aromatic carbocycles. The summed E-state index contributed by atoms with van der Waals surface area (Å²) in [6.45, 7) is 2.16. The van der Waals surface area contributed by atoms with Crippen LogP contribution < -0.4 is 4.74 Å². The van der Waals surface area contributed by atoms with E-state index < -0.39 is 0 Å². The quantitative estimate of drug-likeness (QED) is 0.419. The fourth-order valence-corrected chi connectivity index (χ4v) is 2.16. The minimum absolute atomic E-state index is 0.220. The summed E-state index contributed by atoms with van der Waals surface area (Å²) in [5, 5.41) is 8.74. The molecule has 0 amide bonds. The van der Waals surface area contributed by atoms with Crippen LogP contribution in [-0.4, -0.2) is 5.97 Å². The van der Waals surface area contributed by atoms with E-state index in [4.69, 9.17) is 10.00 Å². The van der Waals surface area contributed by atoms with E-state index in [0.29, 0.717) is 22.2 Å². The van der Waals surface area contributed by atoms with E-state index in [-0.39, 0.29) is 5.97 Å². The standard InChI is InChI=1S/C15H18BrNO2/c1-2-3-4-5-6-7-15(18)19-14-9-8-12(11-17)10-13(14)16/h8-10H,2-7H2,1H3. The number of nitriles is 1. The first-order valence-corrected chi connectivity index (χ1v) is 7.37. The van der Waals surface area contributed by atoms with Crippen LogP contribution in [0, 0.1) is 11.3 Å². The van der Waals surface area contributed by atoms with Gasteiger partial charge in [-0.05, 0) is 40.5 Å². The van der Waals surface area contributed by atoms with E-state index in [0.717, 1.165) is 12.8 Å². The van der Waals surface area contributed by atoms with Gasteiger partial charge in [0.25, 0.3) is 0 Å². The summed E-state index contributed by atoms with van der Waals surface area (Å²) < 4.78 is 5.89. The zero-order valence-corrected chi connectivity index (χ0v) is 12.7. The van der Waals surface area contributed by atoms with Crippen molar-refractivity contribution in [2.24, 2.45) is 0 Å². The zero-order valence-electron chi connectivity index (χ0n) is 11.1. The highest BCUT2D eigenvalue weighted by Crippen LogP contribution is 2.26. The molecular formula is C15H18BrNO2. The number of hydrogen-bond acceptors (Lipinski definition) is 3. The molecule has 0 aliphatic rings. The number of carbonyl (C=O) groups excluding carboxylic acids is 1. The number of halogens is 1. The van der Waals surface area contributed by atoms with Crippen LogP contribution in [0.5, 0.6) is 5.75 Å². The molecule has 0 fully saturated rings. The Kier molecular flexibility index (Phi) is 7.20. The van der Waals surface area contributed by atoms with Gasteiger partial charge in [0.2, 0.25) is 0 Å². The van der Waals surface area contributed by atoms with Gasteiger partial charge in [0.1, 0.15) is 5.75 Å². The van der Waals surface area contributed by atoms with Gasteiger partial charge >= 0.3 is 5.97 Å². The maximum atomic E-state index is 11.6. The minimum Gasteiger partial charge on any atom is -0.425 e. The van der Waals surface area contributed by atoms with Gasteiger partial charge in [0.05, 0.1) is 16.1 Å². The van der Waals surface area contributed by atoms with E-state index in [1.165, 1.54) is 19.3 Å². The Bertz CT molecular complexity index is 466. The van der Waals surface area contributed by atoms with Crippen LogP contribution in [-0.2, 0) is 4.79 Å². The third-order valence-corrected chi connectivity index (χ3v) is 3.39. The third-order valence-electron chi connectivity index (χ3n) is 2.77. The Labute approximate surface area is 122 Å². The second-order valence-electron chi connectivity index (χ2n) is 4.40. The Morgan fingerprint density at radius 3 is 2.68 bits per heavy atom. The number of esters is 1. The van der Waals surface area contributed by atoms with Crippen LogP contribution >= 0.6 is 15.9 Å². The number of benzene rings is 1. The highest BCUT2D eigenvalue weighted by Gasteiger charge is 2.08. The summed E-state index contributed by atoms with van der Waals surface area (Å²) >= 11 is 3.29. The molecule has 0 unspecified atom stereocenters. The number of nitrogens with zero attached hydrogens (tertiary/aromatic N) is 1. The fraction of sp³-hybridized carbons (Fsp3) is 0.467. The van der Waals surface area contributed by atoms with Crippen LogP contribution in [0.1, 0.15) is 51.0 Å². The molecular weight excluding hydrogens is 306 g/mol. The lowest BCUT2D eigenvalue weighted by molar-refractivity contribution is -0.134. The molecule has 0 N–H and O–H groups in total. The first-order chi connectivity index (χ1) is 9.17. The highest BCUT2D eigenvalue weighted by atomic mass is 79.9. The molecule has 1 aromatic rings. The summed E-state index contributed by atoms with van der Waals surface area (Å²) in [4.78, 5) is 11.6. The predicted molar refractivity (Wildman–Crippen MR) is 77.9 cm³/mol. The van der Waals surface area contributed by atoms with Crippen LogP contribution in [0.15, 0.2) is 22.7 Å². The number of unbranched alkanes of at least 4 members (excludes halogenated alkanes) is 4. The Morgan fingerprint density at radius 1 is 1.32 bits per heavy atom. The van der Waals surface area contributed by atoms with Crippen molar-refractivity contribution in [3.05, 3.63) is 28.2 Å². The Morgan fingerprint density at radius 2 is 2.05 bits per heavy atom. The molecule has 0 saturated heterocycles. The van der Waals surface area contributed by atoms with Crippen LogP contribution in [0.25, 0.3) is 0 Å². The molecule has 3 nitrogen and oxygen atoms in total. The Hall–Kier alpha value is -1.34. The van der Waals surface area contributed by atoms with E-state index in [1.807, 2.05) is 6.07 Å². The van der Waals surface area contributed by atoms with E-state index in [2.05, 4.69) is 22.9 Å². The second-order valence-corrected chi connectivity index (χ2v) is 5.25. The number of ether oxygens (including phenoxy) is 1. The first kappa shape index (κ1) is 15.7. The zero-order chi connectivity index (χ0) is 14.1. The minimum atomic E-state index is -0.220. The average Bonchev–Trinajstić information content (AvgIpc) is 2.41. The fourth-order valence-electron chi connectivity index (χ4n) is 1.70. The molecule has 1 rings (SSSR count). The molecule has 19 heavy (non-hydrogen) atoms. The maximum Gasteiger partial charge on any atom is 0.311 e. The molecule has 0 aromatic heterocycles. The molecule has 4 heteroatoms. The van der Waals surface area contributed by atoms with Gasteiger partial charge in [0, 0.05) is 6.42 Å². The number of hydrogen-bond donors (Lipinski definition) is 0. The van der Waals surface area contributed by atoms with E-state index >= 15 is 0 Å². The van der Waals surface area contributed by atoms with Crippen LogP contribution in [0.3, 0.4) is 0 Å². The largest absolute Gasteiger partial charge is 0.425 e. The number of carbonyl (C=O) groups is 1. The van der Waals surface area contributed by atoms with Crippen LogP contribution in [0.2, 0.25) is 0 Å². The van der Waals surface area contributed by atoms with Crippen LogP contribution in [0.4, 0.5) is 0 Å². The highest BCUT2D eigenvalue weighted by molar-refractivity contribution is 9.10. The van der Waals surface area contributed by atoms with E-state index in [9.17, 15) is 4.79 Å². The SMILES string of the molecule is CCCCCCCC(=O)Oc1ccc(C#N)cc1Br. The van der Waals surface area contributed by atoms with Crippen molar-refractivity contribution in [3.8, 4) is 11.8 Å². The smallest absolute Gasteiger partial charge is 0.311 e. The van der Waals surface area contributed by atoms with Crippen molar-refractivity contribution in [2.45, 2.75) is 45.4 Å². The molecule has 0 spiro atoms. The molecule has 0 aliphatic heterocycles. The molecule has 0 radical (unpaired) electrons. The van der Waals surface area contributed by atoms with Gasteiger partial charge in [-0.15, -0.1) is 0 Å². The molecule has 0 atom stereocenters. The molecule has 0 aliphatic carbocycles. The third kappa shape index (κ3) is 5.89. The maximum absolute atomic E-state index is 11.6. The van der Waals surface area contributed by atoms with Crippen molar-refractivity contribution in [2.75, 3.05) is 0 Å². The van der Waals surface area contributed by atoms with Gasteiger partial charge < -0.3 is 4.74 Å². The van der Waals surface area contributed by atoms with Crippen molar-refractivity contribution >= 4 is 21.9 Å². The van der Waals surface area contributed by atoms with E-state index in [1.54, 1.807) is 18.2 Å². The normalized spacial score (nSPS) is 9.95. The predicted octanol–water partition coefficient (Wildman–Crippen LogP) is 4.59. The molecule has 0 saturated carbocycles. The topological polar surface area (TPSA) is 50.1 Å². The first-order valence-electron chi connectivity index (χ1n) is 6.57.